The number of likely N-dealkylation sites (tertiary alicyclic amines) is 1. The van der Waals surface area contributed by atoms with Gasteiger partial charge in [0.1, 0.15) is 5.82 Å². The van der Waals surface area contributed by atoms with Gasteiger partial charge in [-0.25, -0.2) is 14.0 Å². The largest absolute Gasteiger partial charge is 0.384 e. The second kappa shape index (κ2) is 7.65. The van der Waals surface area contributed by atoms with Crippen molar-refractivity contribution in [3.63, 3.8) is 0 Å². The zero-order valence-electron chi connectivity index (χ0n) is 14.7. The smallest absolute Gasteiger partial charge is 0.350 e. The van der Waals surface area contributed by atoms with E-state index in [1.165, 1.54) is 4.68 Å². The van der Waals surface area contributed by atoms with Gasteiger partial charge in [0.15, 0.2) is 0 Å². The molecular weight excluding hydrogens is 320 g/mol. The Morgan fingerprint density at radius 2 is 2.08 bits per heavy atom. The number of methoxy groups -OCH3 is 1. The van der Waals surface area contributed by atoms with Crippen LogP contribution in [0.2, 0.25) is 0 Å². The second-order valence-corrected chi connectivity index (χ2v) is 6.36. The van der Waals surface area contributed by atoms with Crippen molar-refractivity contribution in [3.05, 3.63) is 46.6 Å². The van der Waals surface area contributed by atoms with E-state index in [1.807, 2.05) is 35.2 Å². The van der Waals surface area contributed by atoms with Crippen molar-refractivity contribution in [2.45, 2.75) is 25.2 Å². The van der Waals surface area contributed by atoms with Crippen LogP contribution >= 0.6 is 0 Å². The van der Waals surface area contributed by atoms with Crippen molar-refractivity contribution in [1.82, 2.24) is 19.2 Å². The highest BCUT2D eigenvalue weighted by molar-refractivity contribution is 5.76. The van der Waals surface area contributed by atoms with Crippen LogP contribution < -0.4 is 5.69 Å². The normalized spacial score (nSPS) is 17.7. The van der Waals surface area contributed by atoms with Gasteiger partial charge in [-0.2, -0.15) is 5.10 Å². The average molecular weight is 344 g/mol. The molecule has 0 bridgehead atoms. The molecule has 0 aliphatic carbocycles. The SMILES string of the molecule is COCCC(=O)N1CCCC(c2nn(C)c(=O)n2-c2ccccc2)C1. The third-order valence-corrected chi connectivity index (χ3v) is 4.62. The van der Waals surface area contributed by atoms with Gasteiger partial charge in [0, 0.05) is 33.2 Å². The molecule has 2 aromatic rings. The van der Waals surface area contributed by atoms with Crippen LogP contribution in [-0.2, 0) is 16.6 Å². The summed E-state index contributed by atoms with van der Waals surface area (Å²) in [5.74, 6) is 0.869. The summed E-state index contributed by atoms with van der Waals surface area (Å²) in [6.07, 6.45) is 2.21. The van der Waals surface area contributed by atoms with Crippen LogP contribution in [0.25, 0.3) is 5.69 Å². The molecule has 3 rings (SSSR count). The van der Waals surface area contributed by atoms with Crippen LogP contribution in [0.4, 0.5) is 0 Å². The van der Waals surface area contributed by atoms with Crippen LogP contribution in [-0.4, -0.2) is 52.0 Å². The molecule has 1 amide bonds. The maximum Gasteiger partial charge on any atom is 0.350 e. The van der Waals surface area contributed by atoms with E-state index >= 15 is 0 Å². The van der Waals surface area contributed by atoms with Crippen LogP contribution in [0.1, 0.15) is 31.0 Å². The van der Waals surface area contributed by atoms with Gasteiger partial charge in [0.05, 0.1) is 18.7 Å². The van der Waals surface area contributed by atoms with E-state index in [9.17, 15) is 9.59 Å². The predicted molar refractivity (Wildman–Crippen MR) is 93.9 cm³/mol. The number of nitrogens with zero attached hydrogens (tertiary/aromatic N) is 4. The molecule has 1 unspecified atom stereocenters. The van der Waals surface area contributed by atoms with Crippen molar-refractivity contribution in [1.29, 1.82) is 0 Å². The molecule has 0 saturated carbocycles. The molecule has 25 heavy (non-hydrogen) atoms. The Labute approximate surface area is 146 Å². The molecule has 0 spiro atoms. The molecule has 7 heteroatoms. The number of aryl methyl sites for hydroxylation is 1. The molecule has 0 N–H and O–H groups in total. The molecule has 134 valence electrons. The highest BCUT2D eigenvalue weighted by Gasteiger charge is 2.29. The van der Waals surface area contributed by atoms with E-state index in [-0.39, 0.29) is 17.5 Å². The third kappa shape index (κ3) is 3.66. The van der Waals surface area contributed by atoms with Gasteiger partial charge in [0.25, 0.3) is 0 Å². The standard InChI is InChI=1S/C18H24N4O3/c1-20-18(24)22(15-8-4-3-5-9-15)17(19-20)14-7-6-11-21(13-14)16(23)10-12-25-2/h3-5,8-9,14H,6-7,10-13H2,1-2H3. The number of piperidine rings is 1. The number of aromatic nitrogens is 3. The molecule has 1 aromatic carbocycles. The van der Waals surface area contributed by atoms with Crippen LogP contribution in [0.5, 0.6) is 0 Å². The van der Waals surface area contributed by atoms with E-state index in [4.69, 9.17) is 4.74 Å². The van der Waals surface area contributed by atoms with E-state index < -0.39 is 0 Å². The van der Waals surface area contributed by atoms with Gasteiger partial charge in [-0.1, -0.05) is 18.2 Å². The number of para-hydroxylation sites is 1. The first-order valence-electron chi connectivity index (χ1n) is 8.60. The number of carbonyl (C=O) groups is 1. The number of benzene rings is 1. The van der Waals surface area contributed by atoms with Crippen molar-refractivity contribution in [2.24, 2.45) is 7.05 Å². The van der Waals surface area contributed by atoms with Gasteiger partial charge >= 0.3 is 5.69 Å². The summed E-state index contributed by atoms with van der Waals surface area (Å²) in [6.45, 7) is 1.77. The predicted octanol–water partition coefficient (Wildman–Crippen LogP) is 1.31. The van der Waals surface area contributed by atoms with Gasteiger partial charge in [-0.05, 0) is 25.0 Å². The molecule has 2 heterocycles. The minimum absolute atomic E-state index is 0.0503. The van der Waals surface area contributed by atoms with Gasteiger partial charge < -0.3 is 9.64 Å². The number of ether oxygens (including phenoxy) is 1. The van der Waals surface area contributed by atoms with Gasteiger partial charge in [0.2, 0.25) is 5.91 Å². The van der Waals surface area contributed by atoms with Gasteiger partial charge in [-0.15, -0.1) is 0 Å². The lowest BCUT2D eigenvalue weighted by Gasteiger charge is -2.32. The summed E-state index contributed by atoms with van der Waals surface area (Å²) in [5, 5.41) is 4.47. The lowest BCUT2D eigenvalue weighted by Crippen LogP contribution is -2.40. The fourth-order valence-corrected chi connectivity index (χ4v) is 3.33. The zero-order chi connectivity index (χ0) is 17.8. The molecule has 7 nitrogen and oxygen atoms in total. The lowest BCUT2D eigenvalue weighted by atomic mass is 9.96. The lowest BCUT2D eigenvalue weighted by molar-refractivity contribution is -0.133. The molecule has 1 saturated heterocycles. The Kier molecular flexibility index (Phi) is 5.33. The maximum atomic E-state index is 12.6. The summed E-state index contributed by atoms with van der Waals surface area (Å²) in [7, 11) is 3.26. The first kappa shape index (κ1) is 17.4. The Morgan fingerprint density at radius 3 is 2.80 bits per heavy atom. The molecule has 1 fully saturated rings. The number of rotatable bonds is 5. The van der Waals surface area contributed by atoms with E-state index in [1.54, 1.807) is 18.7 Å². The Hall–Kier alpha value is -2.41. The number of amides is 1. The molecule has 1 aromatic heterocycles. The number of hydrogen-bond donors (Lipinski definition) is 0. The highest BCUT2D eigenvalue weighted by Crippen LogP contribution is 2.26. The first-order chi connectivity index (χ1) is 12.1. The topological polar surface area (TPSA) is 69.4 Å². The van der Waals surface area contributed by atoms with Crippen molar-refractivity contribution in [3.8, 4) is 5.69 Å². The zero-order valence-corrected chi connectivity index (χ0v) is 14.7. The van der Waals surface area contributed by atoms with Gasteiger partial charge in [-0.3, -0.25) is 4.79 Å². The summed E-state index contributed by atoms with van der Waals surface area (Å²) in [6, 6.07) is 9.52. The van der Waals surface area contributed by atoms with E-state index in [2.05, 4.69) is 5.10 Å². The summed E-state index contributed by atoms with van der Waals surface area (Å²) >= 11 is 0. The Balaban J connectivity index is 1.88. The summed E-state index contributed by atoms with van der Waals surface area (Å²) in [4.78, 5) is 26.7. The minimum Gasteiger partial charge on any atom is -0.384 e. The Bertz CT molecular complexity index is 781. The van der Waals surface area contributed by atoms with E-state index in [0.29, 0.717) is 19.6 Å². The van der Waals surface area contributed by atoms with Crippen LogP contribution in [0.15, 0.2) is 35.1 Å². The Morgan fingerprint density at radius 1 is 1.32 bits per heavy atom. The van der Waals surface area contributed by atoms with Crippen LogP contribution in [0, 0.1) is 0 Å². The van der Waals surface area contributed by atoms with Crippen LogP contribution in [0.3, 0.4) is 0 Å². The minimum atomic E-state index is -0.163. The first-order valence-corrected chi connectivity index (χ1v) is 8.60. The quantitative estimate of drug-likeness (QED) is 0.820. The molecule has 0 radical (unpaired) electrons. The number of carbonyl (C=O) groups excluding carboxylic acids is 1. The van der Waals surface area contributed by atoms with E-state index in [0.717, 1.165) is 30.9 Å². The van der Waals surface area contributed by atoms with Crippen molar-refractivity contribution in [2.75, 3.05) is 26.8 Å². The summed E-state index contributed by atoms with van der Waals surface area (Å²) < 4.78 is 8.03. The molecule has 1 atom stereocenters. The fraction of sp³-hybridized carbons (Fsp3) is 0.500. The number of hydrogen-bond acceptors (Lipinski definition) is 4. The van der Waals surface area contributed by atoms with Crippen molar-refractivity contribution < 1.29 is 9.53 Å². The monoisotopic (exact) mass is 344 g/mol. The molecule has 1 aliphatic rings. The molecular formula is C18H24N4O3. The second-order valence-electron chi connectivity index (χ2n) is 6.36. The highest BCUT2D eigenvalue weighted by atomic mass is 16.5. The average Bonchev–Trinajstić information content (AvgIpc) is 2.95. The van der Waals surface area contributed by atoms with Crippen molar-refractivity contribution >= 4 is 5.91 Å². The third-order valence-electron chi connectivity index (χ3n) is 4.62. The molecule has 1 aliphatic heterocycles. The maximum absolute atomic E-state index is 12.6. The fourth-order valence-electron chi connectivity index (χ4n) is 3.33. The summed E-state index contributed by atoms with van der Waals surface area (Å²) in [5.41, 5.74) is 0.641.